The van der Waals surface area contributed by atoms with E-state index in [2.05, 4.69) is 20.8 Å². The number of alkyl halides is 3. The van der Waals surface area contributed by atoms with Crippen LogP contribution in [0.15, 0.2) is 71.8 Å². The zero-order chi connectivity index (χ0) is 25.5. The average Bonchev–Trinajstić information content (AvgIpc) is 3.26. The number of amides is 1. The summed E-state index contributed by atoms with van der Waals surface area (Å²) in [6.45, 7) is 1.75. The number of hydrogen-bond donors (Lipinski definition) is 2. The lowest BCUT2D eigenvalue weighted by molar-refractivity contribution is -0.137. The van der Waals surface area contributed by atoms with Gasteiger partial charge in [-0.15, -0.1) is 0 Å². The SMILES string of the molecule is CCOc1cc(/C=N\Nc2nc3ccccc3s2)ccc1OCC(=O)Nc1cccc(C(F)(F)F)c1. The molecule has 11 heteroatoms. The molecule has 4 rings (SSSR count). The third-order valence-corrected chi connectivity index (χ3v) is 5.71. The fourth-order valence-corrected chi connectivity index (χ4v) is 4.00. The van der Waals surface area contributed by atoms with Gasteiger partial charge in [-0.2, -0.15) is 18.3 Å². The van der Waals surface area contributed by atoms with Crippen molar-refractivity contribution >= 4 is 44.5 Å². The lowest BCUT2D eigenvalue weighted by atomic mass is 10.2. The Kier molecular flexibility index (Phi) is 7.69. The van der Waals surface area contributed by atoms with E-state index >= 15 is 0 Å². The number of hydrogen-bond acceptors (Lipinski definition) is 7. The largest absolute Gasteiger partial charge is 0.490 e. The number of benzene rings is 3. The highest BCUT2D eigenvalue weighted by atomic mass is 32.1. The maximum atomic E-state index is 12.9. The molecule has 2 N–H and O–H groups in total. The fraction of sp³-hybridized carbons (Fsp3) is 0.160. The van der Waals surface area contributed by atoms with Gasteiger partial charge in [-0.3, -0.25) is 10.2 Å². The topological polar surface area (TPSA) is 84.8 Å². The Balaban J connectivity index is 1.37. The van der Waals surface area contributed by atoms with Gasteiger partial charge in [0.05, 0.1) is 28.6 Å². The van der Waals surface area contributed by atoms with Crippen molar-refractivity contribution in [2.45, 2.75) is 13.1 Å². The van der Waals surface area contributed by atoms with Gasteiger partial charge < -0.3 is 14.8 Å². The number of halogens is 3. The third-order valence-electron chi connectivity index (χ3n) is 4.77. The quantitative estimate of drug-likeness (QED) is 0.206. The minimum absolute atomic E-state index is 0.0237. The molecule has 0 saturated carbocycles. The number of hydrazone groups is 1. The van der Waals surface area contributed by atoms with Gasteiger partial charge in [0.2, 0.25) is 5.13 Å². The molecule has 0 aliphatic heterocycles. The summed E-state index contributed by atoms with van der Waals surface area (Å²) >= 11 is 1.48. The molecule has 1 amide bonds. The Morgan fingerprint density at radius 3 is 2.67 bits per heavy atom. The van der Waals surface area contributed by atoms with Crippen LogP contribution < -0.4 is 20.2 Å². The lowest BCUT2D eigenvalue weighted by Gasteiger charge is -2.13. The standard InChI is InChI=1S/C25H21F3N4O3S/c1-2-34-21-12-16(14-29-32-24-31-19-8-3-4-9-22(19)36-24)10-11-20(21)35-15-23(33)30-18-7-5-6-17(13-18)25(26,27)28/h3-14H,2,15H2,1H3,(H,30,33)(H,31,32)/b29-14-. The molecule has 0 atom stereocenters. The van der Waals surface area contributed by atoms with E-state index in [9.17, 15) is 18.0 Å². The molecule has 0 fully saturated rings. The maximum absolute atomic E-state index is 12.9. The first-order valence-corrected chi connectivity index (χ1v) is 11.6. The first-order valence-electron chi connectivity index (χ1n) is 10.8. The number of carbonyl (C=O) groups is 1. The van der Waals surface area contributed by atoms with Crippen LogP contribution in [0.3, 0.4) is 0 Å². The molecule has 0 spiro atoms. The number of ether oxygens (including phenoxy) is 2. The monoisotopic (exact) mass is 514 g/mol. The first kappa shape index (κ1) is 25.0. The summed E-state index contributed by atoms with van der Waals surface area (Å²) in [6, 6.07) is 17.2. The Labute approximate surface area is 208 Å². The second-order valence-electron chi connectivity index (χ2n) is 7.41. The number of thiazole rings is 1. The van der Waals surface area contributed by atoms with Gasteiger partial charge >= 0.3 is 6.18 Å². The number of fused-ring (bicyclic) bond motifs is 1. The highest BCUT2D eigenvalue weighted by Crippen LogP contribution is 2.31. The van der Waals surface area contributed by atoms with Crippen molar-refractivity contribution in [2.24, 2.45) is 5.10 Å². The van der Waals surface area contributed by atoms with Gasteiger partial charge in [0.1, 0.15) is 0 Å². The van der Waals surface area contributed by atoms with Crippen LogP contribution in [0.5, 0.6) is 11.5 Å². The molecule has 0 bridgehead atoms. The number of para-hydroxylation sites is 1. The van der Waals surface area contributed by atoms with E-state index in [-0.39, 0.29) is 5.69 Å². The molecule has 7 nitrogen and oxygen atoms in total. The van der Waals surface area contributed by atoms with Crippen molar-refractivity contribution in [1.29, 1.82) is 0 Å². The number of nitrogens with zero attached hydrogens (tertiary/aromatic N) is 2. The molecule has 186 valence electrons. The molecule has 1 aromatic heterocycles. The summed E-state index contributed by atoms with van der Waals surface area (Å²) in [5.41, 5.74) is 3.68. The van der Waals surface area contributed by atoms with E-state index in [0.29, 0.717) is 28.8 Å². The predicted octanol–water partition coefficient (Wildman–Crippen LogP) is 6.18. The molecule has 1 heterocycles. The van der Waals surface area contributed by atoms with Gasteiger partial charge in [-0.05, 0) is 61.0 Å². The number of nitrogens with one attached hydrogen (secondary N) is 2. The van der Waals surface area contributed by atoms with Crippen molar-refractivity contribution < 1.29 is 27.4 Å². The van der Waals surface area contributed by atoms with E-state index < -0.39 is 24.3 Å². The van der Waals surface area contributed by atoms with Crippen molar-refractivity contribution in [3.63, 3.8) is 0 Å². The minimum atomic E-state index is -4.50. The summed E-state index contributed by atoms with van der Waals surface area (Å²) in [5.74, 6) is 0.100. The molecule has 0 unspecified atom stereocenters. The van der Waals surface area contributed by atoms with Crippen molar-refractivity contribution in [3.05, 3.63) is 77.9 Å². The zero-order valence-corrected chi connectivity index (χ0v) is 19.8. The predicted molar refractivity (Wildman–Crippen MR) is 134 cm³/mol. The van der Waals surface area contributed by atoms with Crippen LogP contribution in [0.25, 0.3) is 10.2 Å². The van der Waals surface area contributed by atoms with Gasteiger partial charge in [-0.1, -0.05) is 29.5 Å². The molecular weight excluding hydrogens is 493 g/mol. The highest BCUT2D eigenvalue weighted by molar-refractivity contribution is 7.22. The van der Waals surface area contributed by atoms with Crippen molar-refractivity contribution in [2.75, 3.05) is 24.0 Å². The molecule has 0 aliphatic carbocycles. The number of anilines is 2. The number of aromatic nitrogens is 1. The van der Waals surface area contributed by atoms with Crippen LogP contribution in [0, 0.1) is 0 Å². The van der Waals surface area contributed by atoms with Crippen molar-refractivity contribution in [3.8, 4) is 11.5 Å². The summed E-state index contributed by atoms with van der Waals surface area (Å²) in [7, 11) is 0. The van der Waals surface area contributed by atoms with Crippen LogP contribution in [0.4, 0.5) is 24.0 Å². The van der Waals surface area contributed by atoms with Gasteiger partial charge in [0, 0.05) is 5.69 Å². The molecule has 36 heavy (non-hydrogen) atoms. The van der Waals surface area contributed by atoms with Crippen LogP contribution >= 0.6 is 11.3 Å². The van der Waals surface area contributed by atoms with Crippen molar-refractivity contribution in [1.82, 2.24) is 4.98 Å². The fourth-order valence-electron chi connectivity index (χ4n) is 3.19. The van der Waals surface area contributed by atoms with Crippen LogP contribution in [0.2, 0.25) is 0 Å². The second-order valence-corrected chi connectivity index (χ2v) is 8.44. The molecule has 0 aliphatic rings. The van der Waals surface area contributed by atoms with E-state index in [1.54, 1.807) is 31.3 Å². The zero-order valence-electron chi connectivity index (χ0n) is 19.0. The molecular formula is C25H21F3N4O3S. The lowest BCUT2D eigenvalue weighted by Crippen LogP contribution is -2.20. The molecule has 4 aromatic rings. The van der Waals surface area contributed by atoms with Gasteiger partial charge in [0.25, 0.3) is 5.91 Å². The average molecular weight is 515 g/mol. The highest BCUT2D eigenvalue weighted by Gasteiger charge is 2.30. The Morgan fingerprint density at radius 2 is 1.89 bits per heavy atom. The molecule has 0 radical (unpaired) electrons. The first-order chi connectivity index (χ1) is 17.3. The summed E-state index contributed by atoms with van der Waals surface area (Å²) in [5, 5.41) is 7.27. The number of rotatable bonds is 9. The molecule has 0 saturated heterocycles. The van der Waals surface area contributed by atoms with E-state index in [1.807, 2.05) is 24.3 Å². The minimum Gasteiger partial charge on any atom is -0.490 e. The summed E-state index contributed by atoms with van der Waals surface area (Å²) in [4.78, 5) is 16.7. The van der Waals surface area contributed by atoms with Crippen LogP contribution in [-0.4, -0.2) is 30.3 Å². The Hall–Kier alpha value is -4.12. The summed E-state index contributed by atoms with van der Waals surface area (Å²) < 4.78 is 50.8. The Bertz CT molecular complexity index is 1360. The Morgan fingerprint density at radius 1 is 1.06 bits per heavy atom. The summed E-state index contributed by atoms with van der Waals surface area (Å²) in [6.07, 6.45) is -2.91. The van der Waals surface area contributed by atoms with Crippen LogP contribution in [-0.2, 0) is 11.0 Å². The van der Waals surface area contributed by atoms with E-state index in [1.165, 1.54) is 23.5 Å². The molecule has 3 aromatic carbocycles. The smallest absolute Gasteiger partial charge is 0.416 e. The van der Waals surface area contributed by atoms with E-state index in [4.69, 9.17) is 9.47 Å². The normalized spacial score (nSPS) is 11.6. The second kappa shape index (κ2) is 11.1. The van der Waals surface area contributed by atoms with Crippen LogP contribution in [0.1, 0.15) is 18.1 Å². The third kappa shape index (κ3) is 6.51. The van der Waals surface area contributed by atoms with Gasteiger partial charge in [-0.25, -0.2) is 4.98 Å². The van der Waals surface area contributed by atoms with E-state index in [0.717, 1.165) is 22.3 Å². The number of carbonyl (C=O) groups excluding carboxylic acids is 1. The maximum Gasteiger partial charge on any atom is 0.416 e. The van der Waals surface area contributed by atoms with Gasteiger partial charge in [0.15, 0.2) is 18.1 Å².